The van der Waals surface area contributed by atoms with E-state index in [1.165, 1.54) is 12.3 Å². The van der Waals surface area contributed by atoms with E-state index < -0.39 is 11.4 Å². The highest BCUT2D eigenvalue weighted by Crippen LogP contribution is 2.37. The molecular weight excluding hydrogens is 528 g/mol. The maximum Gasteiger partial charge on any atom is 0.341 e. The number of nitrogens with zero attached hydrogens (tertiary/aromatic N) is 4. The summed E-state index contributed by atoms with van der Waals surface area (Å²) < 4.78 is 13.9. The van der Waals surface area contributed by atoms with E-state index >= 15 is 0 Å². The molecule has 0 spiro atoms. The third-order valence-electron chi connectivity index (χ3n) is 7.82. The summed E-state index contributed by atoms with van der Waals surface area (Å²) in [6, 6.07) is 13.5. The summed E-state index contributed by atoms with van der Waals surface area (Å²) in [6.45, 7) is 3.57. The average molecular weight is 561 g/mol. The van der Waals surface area contributed by atoms with Crippen LogP contribution in [-0.4, -0.2) is 67.1 Å². The van der Waals surface area contributed by atoms with Crippen molar-refractivity contribution in [2.24, 2.45) is 0 Å². The molecule has 10 heteroatoms. The minimum absolute atomic E-state index is 0.283. The third-order valence-corrected chi connectivity index (χ3v) is 8.88. The second-order valence-electron chi connectivity index (χ2n) is 10.3. The van der Waals surface area contributed by atoms with E-state index in [9.17, 15) is 14.7 Å². The average Bonchev–Trinajstić information content (AvgIpc) is 3.73. The van der Waals surface area contributed by atoms with Crippen LogP contribution in [0.3, 0.4) is 0 Å². The Labute approximate surface area is 236 Å². The largest absolute Gasteiger partial charge is 0.495 e. The number of aromatic nitrogens is 2. The van der Waals surface area contributed by atoms with Crippen molar-refractivity contribution in [1.29, 1.82) is 0 Å². The molecule has 0 saturated carbocycles. The number of methoxy groups -OCH3 is 2. The molecule has 0 radical (unpaired) electrons. The number of carboxylic acids is 1. The number of anilines is 2. The van der Waals surface area contributed by atoms with Crippen molar-refractivity contribution in [3.8, 4) is 22.7 Å². The van der Waals surface area contributed by atoms with Crippen molar-refractivity contribution in [2.45, 2.75) is 31.7 Å². The Morgan fingerprint density at radius 1 is 1.07 bits per heavy atom. The van der Waals surface area contributed by atoms with Crippen LogP contribution in [0.25, 0.3) is 27.2 Å². The third kappa shape index (κ3) is 4.82. The Kier molecular flexibility index (Phi) is 7.20. The fraction of sp³-hybridized carbons (Fsp3) is 0.367. The Bertz CT molecular complexity index is 1620. The first kappa shape index (κ1) is 26.3. The van der Waals surface area contributed by atoms with Gasteiger partial charge in [0.25, 0.3) is 0 Å². The molecular formula is C30H32N4O5S. The molecule has 2 aliphatic rings. The molecule has 0 bridgehead atoms. The maximum atomic E-state index is 12.9. The minimum atomic E-state index is -1.26. The molecule has 1 unspecified atom stereocenters. The number of benzene rings is 2. The predicted molar refractivity (Wildman–Crippen MR) is 158 cm³/mol. The highest BCUT2D eigenvalue weighted by atomic mass is 32.1. The number of hydrogen-bond acceptors (Lipinski definition) is 8. The molecule has 9 nitrogen and oxygen atoms in total. The quantitative estimate of drug-likeness (QED) is 0.320. The molecule has 2 aromatic carbocycles. The highest BCUT2D eigenvalue weighted by Gasteiger charge is 2.27. The van der Waals surface area contributed by atoms with Gasteiger partial charge in [-0.2, -0.15) is 0 Å². The lowest BCUT2D eigenvalue weighted by Gasteiger charge is -2.22. The van der Waals surface area contributed by atoms with Gasteiger partial charge in [0.15, 0.2) is 10.6 Å². The monoisotopic (exact) mass is 560 g/mol. The molecule has 2 saturated heterocycles. The second-order valence-corrected chi connectivity index (χ2v) is 11.3. The van der Waals surface area contributed by atoms with Crippen LogP contribution in [0, 0.1) is 0 Å². The number of hydrogen-bond donors (Lipinski definition) is 1. The molecule has 6 rings (SSSR count). The number of carboxylic acid groups (broad SMARTS) is 1. The fourth-order valence-electron chi connectivity index (χ4n) is 5.81. The summed E-state index contributed by atoms with van der Waals surface area (Å²) in [6.07, 6.45) is 5.89. The Hall–Kier alpha value is -3.89. The molecule has 2 aliphatic heterocycles. The number of ether oxygens (including phenoxy) is 2. The van der Waals surface area contributed by atoms with Gasteiger partial charge in [-0.05, 0) is 56.0 Å². The first-order chi connectivity index (χ1) is 19.5. The van der Waals surface area contributed by atoms with Crippen LogP contribution in [0.4, 0.5) is 10.8 Å². The van der Waals surface area contributed by atoms with Crippen LogP contribution in [0.1, 0.15) is 36.0 Å². The number of carbonyl (C=O) groups is 1. The van der Waals surface area contributed by atoms with Crippen molar-refractivity contribution >= 4 is 38.3 Å². The van der Waals surface area contributed by atoms with Gasteiger partial charge in [-0.25, -0.2) is 9.78 Å². The molecule has 0 amide bonds. The van der Waals surface area contributed by atoms with Crippen molar-refractivity contribution < 1.29 is 19.4 Å². The van der Waals surface area contributed by atoms with Gasteiger partial charge < -0.3 is 28.9 Å². The zero-order valence-electron chi connectivity index (χ0n) is 22.6. The normalized spacial score (nSPS) is 17.2. The number of pyridine rings is 1. The highest BCUT2D eigenvalue weighted by molar-refractivity contribution is 7.22. The van der Waals surface area contributed by atoms with Crippen LogP contribution in [-0.2, 0) is 4.74 Å². The maximum absolute atomic E-state index is 12.9. The van der Waals surface area contributed by atoms with Crippen LogP contribution in [0.5, 0.6) is 5.75 Å². The molecule has 40 heavy (non-hydrogen) atoms. The SMILES string of the molecule is COCC1CCCN1c1nc2ccc(-n3cc(C(=O)O)c(=O)cc3-c3ccc(N4CCCC4)c(OC)c3)cc2s1. The van der Waals surface area contributed by atoms with E-state index in [2.05, 4.69) is 9.80 Å². The van der Waals surface area contributed by atoms with Crippen molar-refractivity contribution in [3.63, 3.8) is 0 Å². The smallest absolute Gasteiger partial charge is 0.341 e. The lowest BCUT2D eigenvalue weighted by atomic mass is 10.1. The van der Waals surface area contributed by atoms with E-state index in [0.717, 1.165) is 83.4 Å². The molecule has 2 fully saturated rings. The summed E-state index contributed by atoms with van der Waals surface area (Å²) >= 11 is 1.61. The van der Waals surface area contributed by atoms with Gasteiger partial charge in [0, 0.05) is 50.3 Å². The van der Waals surface area contributed by atoms with Gasteiger partial charge in [-0.15, -0.1) is 0 Å². The molecule has 208 valence electrons. The molecule has 4 aromatic rings. The van der Waals surface area contributed by atoms with Gasteiger partial charge in [-0.3, -0.25) is 4.79 Å². The summed E-state index contributed by atoms with van der Waals surface area (Å²) in [7, 11) is 3.37. The molecule has 4 heterocycles. The molecule has 0 aliphatic carbocycles. The summed E-state index contributed by atoms with van der Waals surface area (Å²) in [5.74, 6) is -0.536. The van der Waals surface area contributed by atoms with Crippen LogP contribution in [0.2, 0.25) is 0 Å². The number of thiazole rings is 1. The van der Waals surface area contributed by atoms with Crippen LogP contribution < -0.4 is 20.0 Å². The topological polar surface area (TPSA) is 97.1 Å². The Balaban J connectivity index is 1.45. The van der Waals surface area contributed by atoms with Gasteiger partial charge >= 0.3 is 5.97 Å². The zero-order valence-corrected chi connectivity index (χ0v) is 23.4. The van der Waals surface area contributed by atoms with Gasteiger partial charge in [0.2, 0.25) is 0 Å². The lowest BCUT2D eigenvalue weighted by molar-refractivity contribution is 0.0695. The predicted octanol–water partition coefficient (Wildman–Crippen LogP) is 5.04. The standard InChI is InChI=1S/C30H32N4O5S/c1-38-18-21-6-5-13-33(21)30-31-23-9-8-20(15-28(23)40-30)34-17-22(29(36)37)26(35)16-25(34)19-7-10-24(27(14-19)39-2)32-11-3-4-12-32/h7-10,14-17,21H,3-6,11-13,18H2,1-2H3,(H,36,37). The van der Waals surface area contributed by atoms with Crippen LogP contribution >= 0.6 is 11.3 Å². The molecule has 1 atom stereocenters. The number of rotatable bonds is 8. The Morgan fingerprint density at radius 3 is 2.65 bits per heavy atom. The zero-order chi connectivity index (χ0) is 27.8. The summed E-state index contributed by atoms with van der Waals surface area (Å²) in [5, 5.41) is 10.7. The number of fused-ring (bicyclic) bond motifs is 1. The first-order valence-corrected chi connectivity index (χ1v) is 14.4. The van der Waals surface area contributed by atoms with Crippen molar-refractivity contribution in [1.82, 2.24) is 9.55 Å². The van der Waals surface area contributed by atoms with E-state index in [1.807, 2.05) is 36.4 Å². The van der Waals surface area contributed by atoms with Gasteiger partial charge in [0.1, 0.15) is 11.3 Å². The lowest BCUT2D eigenvalue weighted by Crippen LogP contribution is -2.32. The summed E-state index contributed by atoms with van der Waals surface area (Å²) in [5.41, 5.74) is 3.17. The Morgan fingerprint density at radius 2 is 1.90 bits per heavy atom. The van der Waals surface area contributed by atoms with E-state index in [0.29, 0.717) is 18.3 Å². The van der Waals surface area contributed by atoms with Gasteiger partial charge in [0.05, 0.1) is 41.4 Å². The summed E-state index contributed by atoms with van der Waals surface area (Å²) in [4.78, 5) is 34.3. The fourth-order valence-corrected chi connectivity index (χ4v) is 6.91. The van der Waals surface area contributed by atoms with E-state index in [1.54, 1.807) is 30.1 Å². The first-order valence-electron chi connectivity index (χ1n) is 13.6. The van der Waals surface area contributed by atoms with E-state index in [4.69, 9.17) is 14.5 Å². The van der Waals surface area contributed by atoms with E-state index in [-0.39, 0.29) is 5.56 Å². The molecule has 1 N–H and O–H groups in total. The van der Waals surface area contributed by atoms with Crippen molar-refractivity contribution in [2.75, 3.05) is 50.3 Å². The molecule has 2 aromatic heterocycles. The number of aromatic carboxylic acids is 1. The van der Waals surface area contributed by atoms with Gasteiger partial charge in [-0.1, -0.05) is 17.4 Å². The minimum Gasteiger partial charge on any atom is -0.495 e. The van der Waals surface area contributed by atoms with Crippen LogP contribution in [0.15, 0.2) is 53.5 Å². The second kappa shape index (κ2) is 10.9. The van der Waals surface area contributed by atoms with Crippen molar-refractivity contribution in [3.05, 3.63) is 64.4 Å².